The highest BCUT2D eigenvalue weighted by atomic mass is 32.2. The van der Waals surface area contributed by atoms with E-state index >= 15 is 0 Å². The normalized spacial score (nSPS) is 14.9. The molecule has 0 saturated carbocycles. The average molecular weight is 457 g/mol. The first-order chi connectivity index (χ1) is 15.4. The summed E-state index contributed by atoms with van der Waals surface area (Å²) in [5.41, 5.74) is 2.75. The van der Waals surface area contributed by atoms with Crippen molar-refractivity contribution < 1.29 is 13.2 Å². The number of sulfonamides is 1. The second-order valence-electron chi connectivity index (χ2n) is 7.94. The molecule has 1 aliphatic rings. The third kappa shape index (κ3) is 5.43. The van der Waals surface area contributed by atoms with Crippen LogP contribution in [-0.4, -0.2) is 67.8 Å². The van der Waals surface area contributed by atoms with Gasteiger partial charge < -0.3 is 15.0 Å². The quantitative estimate of drug-likeness (QED) is 0.532. The molecule has 1 fully saturated rings. The van der Waals surface area contributed by atoms with Gasteiger partial charge in [0.15, 0.2) is 0 Å². The zero-order valence-corrected chi connectivity index (χ0v) is 19.2. The number of pyridine rings is 1. The number of piperidine rings is 1. The number of hydrogen-bond acceptors (Lipinski definition) is 8. The van der Waals surface area contributed by atoms with Crippen molar-refractivity contribution in [3.63, 3.8) is 0 Å². The van der Waals surface area contributed by atoms with E-state index < -0.39 is 10.0 Å². The maximum absolute atomic E-state index is 11.7. The maximum atomic E-state index is 11.7. The highest BCUT2D eigenvalue weighted by Crippen LogP contribution is 2.31. The molecule has 0 unspecified atom stereocenters. The second kappa shape index (κ2) is 9.66. The fourth-order valence-electron chi connectivity index (χ4n) is 3.94. The van der Waals surface area contributed by atoms with Crippen molar-refractivity contribution in [1.29, 1.82) is 0 Å². The summed E-state index contributed by atoms with van der Waals surface area (Å²) in [4.78, 5) is 15.6. The van der Waals surface area contributed by atoms with Gasteiger partial charge >= 0.3 is 0 Å². The Kier molecular flexibility index (Phi) is 6.71. The van der Waals surface area contributed by atoms with Gasteiger partial charge in [-0.25, -0.2) is 23.4 Å². The molecule has 1 saturated heterocycles. The molecular formula is C22H28N6O3S. The smallest absolute Gasteiger partial charge is 0.238 e. The molecule has 0 spiro atoms. The summed E-state index contributed by atoms with van der Waals surface area (Å²) in [7, 11) is -2.02. The lowest BCUT2D eigenvalue weighted by Crippen LogP contribution is -2.33. The van der Waals surface area contributed by atoms with Crippen molar-refractivity contribution in [1.82, 2.24) is 19.9 Å². The summed E-state index contributed by atoms with van der Waals surface area (Å²) in [6.07, 6.45) is 8.17. The molecule has 2 N–H and O–H groups in total. The predicted octanol–water partition coefficient (Wildman–Crippen LogP) is 2.97. The molecule has 9 nitrogen and oxygen atoms in total. The van der Waals surface area contributed by atoms with Crippen LogP contribution >= 0.6 is 0 Å². The van der Waals surface area contributed by atoms with Crippen LogP contribution in [0.2, 0.25) is 0 Å². The Bertz CT molecular complexity index is 1200. The van der Waals surface area contributed by atoms with Gasteiger partial charge in [0.1, 0.15) is 17.8 Å². The number of likely N-dealkylation sites (tertiary alicyclic amines) is 1. The lowest BCUT2D eigenvalue weighted by Gasteiger charge is -2.26. The fraction of sp³-hybridized carbons (Fsp3) is 0.409. The number of methoxy groups -OCH3 is 1. The molecule has 0 aliphatic carbocycles. The molecule has 2 aromatic heterocycles. The first-order valence-corrected chi connectivity index (χ1v) is 12.6. The van der Waals surface area contributed by atoms with Crippen molar-refractivity contribution in [3.8, 4) is 17.0 Å². The van der Waals surface area contributed by atoms with Gasteiger partial charge in [0, 0.05) is 30.2 Å². The Balaban J connectivity index is 1.60. The summed E-state index contributed by atoms with van der Waals surface area (Å²) in [5, 5.41) is 4.35. The molecule has 0 radical (unpaired) electrons. The standard InChI is InChI=1S/C22H28N6O3S/c1-31-22-20(27-32(2,29)30)13-17(14-24-22)16-6-7-19-18(12-16)21(26-15-25-19)23-8-11-28-9-4-3-5-10-28/h6-7,12-15,27H,3-5,8-11H2,1-2H3,(H,23,25,26). The summed E-state index contributed by atoms with van der Waals surface area (Å²) >= 11 is 0. The second-order valence-corrected chi connectivity index (χ2v) is 9.69. The molecule has 0 amide bonds. The first-order valence-electron chi connectivity index (χ1n) is 10.7. The molecule has 0 atom stereocenters. The van der Waals surface area contributed by atoms with E-state index in [1.165, 1.54) is 26.4 Å². The number of anilines is 2. The minimum atomic E-state index is -3.47. The van der Waals surface area contributed by atoms with Gasteiger partial charge in [0.2, 0.25) is 15.9 Å². The molecule has 3 heterocycles. The van der Waals surface area contributed by atoms with E-state index in [-0.39, 0.29) is 11.6 Å². The maximum Gasteiger partial charge on any atom is 0.238 e. The van der Waals surface area contributed by atoms with Crippen LogP contribution in [-0.2, 0) is 10.0 Å². The molecule has 4 rings (SSSR count). The van der Waals surface area contributed by atoms with Gasteiger partial charge in [-0.05, 0) is 49.7 Å². The zero-order chi connectivity index (χ0) is 22.6. The van der Waals surface area contributed by atoms with Gasteiger partial charge in [0.25, 0.3) is 0 Å². The Morgan fingerprint density at radius 3 is 2.62 bits per heavy atom. The number of hydrogen-bond donors (Lipinski definition) is 2. The molecule has 1 aromatic carbocycles. The van der Waals surface area contributed by atoms with E-state index in [2.05, 4.69) is 29.9 Å². The summed E-state index contributed by atoms with van der Waals surface area (Å²) < 4.78 is 31.1. The van der Waals surface area contributed by atoms with Gasteiger partial charge in [-0.1, -0.05) is 12.5 Å². The highest BCUT2D eigenvalue weighted by Gasteiger charge is 2.14. The number of rotatable bonds is 8. The number of nitrogens with zero attached hydrogens (tertiary/aromatic N) is 4. The summed E-state index contributed by atoms with van der Waals surface area (Å²) in [5.74, 6) is 0.994. The largest absolute Gasteiger partial charge is 0.480 e. The lowest BCUT2D eigenvalue weighted by molar-refractivity contribution is 0.237. The first kappa shape index (κ1) is 22.2. The highest BCUT2D eigenvalue weighted by molar-refractivity contribution is 7.92. The summed E-state index contributed by atoms with van der Waals surface area (Å²) in [6, 6.07) is 7.56. The van der Waals surface area contributed by atoms with Gasteiger partial charge in [0.05, 0.1) is 18.9 Å². The Morgan fingerprint density at radius 2 is 1.88 bits per heavy atom. The van der Waals surface area contributed by atoms with E-state index in [0.717, 1.165) is 60.3 Å². The van der Waals surface area contributed by atoms with Crippen LogP contribution in [0.15, 0.2) is 36.8 Å². The van der Waals surface area contributed by atoms with E-state index in [4.69, 9.17) is 4.74 Å². The average Bonchev–Trinajstić information content (AvgIpc) is 2.78. The Hall–Kier alpha value is -2.98. The van der Waals surface area contributed by atoms with E-state index in [1.54, 1.807) is 18.6 Å². The van der Waals surface area contributed by atoms with Gasteiger partial charge in [-0.2, -0.15) is 0 Å². The van der Waals surface area contributed by atoms with Crippen LogP contribution in [0.4, 0.5) is 11.5 Å². The molecule has 170 valence electrons. The zero-order valence-electron chi connectivity index (χ0n) is 18.3. The molecule has 32 heavy (non-hydrogen) atoms. The topological polar surface area (TPSA) is 109 Å². The lowest BCUT2D eigenvalue weighted by atomic mass is 10.0. The summed E-state index contributed by atoms with van der Waals surface area (Å²) in [6.45, 7) is 4.10. The monoisotopic (exact) mass is 456 g/mol. The molecule has 0 bridgehead atoms. The van der Waals surface area contributed by atoms with Crippen molar-refractivity contribution in [3.05, 3.63) is 36.8 Å². The minimum Gasteiger partial charge on any atom is -0.480 e. The van der Waals surface area contributed by atoms with Crippen LogP contribution in [0, 0.1) is 0 Å². The van der Waals surface area contributed by atoms with Crippen molar-refractivity contribution in [2.24, 2.45) is 0 Å². The predicted molar refractivity (Wildman–Crippen MR) is 127 cm³/mol. The fourth-order valence-corrected chi connectivity index (χ4v) is 4.48. The third-order valence-electron chi connectivity index (χ3n) is 5.48. The van der Waals surface area contributed by atoms with Crippen molar-refractivity contribution in [2.45, 2.75) is 19.3 Å². The Morgan fingerprint density at radius 1 is 1.06 bits per heavy atom. The minimum absolute atomic E-state index is 0.211. The van der Waals surface area contributed by atoms with Gasteiger partial charge in [-0.15, -0.1) is 0 Å². The molecule has 10 heteroatoms. The number of nitrogens with one attached hydrogen (secondary N) is 2. The third-order valence-corrected chi connectivity index (χ3v) is 6.07. The van der Waals surface area contributed by atoms with E-state index in [0.29, 0.717) is 0 Å². The number of aromatic nitrogens is 3. The number of fused-ring (bicyclic) bond motifs is 1. The number of ether oxygens (including phenoxy) is 1. The van der Waals surface area contributed by atoms with Gasteiger partial charge in [-0.3, -0.25) is 4.72 Å². The van der Waals surface area contributed by atoms with Crippen LogP contribution in [0.3, 0.4) is 0 Å². The van der Waals surface area contributed by atoms with Crippen LogP contribution in [0.25, 0.3) is 22.0 Å². The SMILES string of the molecule is COc1ncc(-c2ccc3ncnc(NCCN4CCCCC4)c3c2)cc1NS(C)(=O)=O. The van der Waals surface area contributed by atoms with Crippen LogP contribution in [0.5, 0.6) is 5.88 Å². The Labute approximate surface area is 188 Å². The van der Waals surface area contributed by atoms with E-state index in [9.17, 15) is 8.42 Å². The molecule has 1 aliphatic heterocycles. The van der Waals surface area contributed by atoms with Crippen LogP contribution < -0.4 is 14.8 Å². The molecular weight excluding hydrogens is 428 g/mol. The molecule has 3 aromatic rings. The van der Waals surface area contributed by atoms with Crippen molar-refractivity contribution >= 4 is 32.4 Å². The van der Waals surface area contributed by atoms with Crippen LogP contribution in [0.1, 0.15) is 19.3 Å². The van der Waals surface area contributed by atoms with E-state index in [1.807, 2.05) is 18.2 Å². The van der Waals surface area contributed by atoms with Crippen molar-refractivity contribution in [2.75, 3.05) is 49.6 Å². The number of benzene rings is 1.